The molecule has 1 aromatic heterocycles. The highest BCUT2D eigenvalue weighted by Gasteiger charge is 2.19. The first-order valence-corrected chi connectivity index (χ1v) is 10.9. The Morgan fingerprint density at radius 2 is 1.86 bits per heavy atom. The Morgan fingerprint density at radius 1 is 1.18 bits per heavy atom. The molecule has 1 fully saturated rings. The Balaban J connectivity index is 1.53. The number of hydrogen-bond donors (Lipinski definition) is 2. The van der Waals surface area contributed by atoms with Crippen LogP contribution in [-0.4, -0.2) is 48.4 Å². The van der Waals surface area contributed by atoms with E-state index >= 15 is 0 Å². The third kappa shape index (κ3) is 5.18. The van der Waals surface area contributed by atoms with Gasteiger partial charge in [0.1, 0.15) is 5.82 Å². The third-order valence-electron chi connectivity index (χ3n) is 4.97. The lowest BCUT2D eigenvalue weighted by molar-refractivity contribution is -0.120. The minimum atomic E-state index is -3.81. The molecule has 0 spiro atoms. The molecule has 3 rings (SSSR count). The largest absolute Gasteiger partial charge is 0.351 e. The van der Waals surface area contributed by atoms with Gasteiger partial charge < -0.3 is 9.88 Å². The number of nitrogens with zero attached hydrogens (tertiary/aromatic N) is 3. The Kier molecular flexibility index (Phi) is 6.48. The zero-order valence-electron chi connectivity index (χ0n) is 16.3. The van der Waals surface area contributed by atoms with E-state index in [9.17, 15) is 13.2 Å². The zero-order chi connectivity index (χ0) is 20.1. The van der Waals surface area contributed by atoms with Crippen LogP contribution >= 0.6 is 0 Å². The fourth-order valence-electron chi connectivity index (χ4n) is 3.21. The minimum Gasteiger partial charge on any atom is -0.351 e. The number of rotatable bonds is 8. The first kappa shape index (κ1) is 20.5. The van der Waals surface area contributed by atoms with Crippen LogP contribution in [0, 0.1) is 6.92 Å². The molecule has 1 saturated heterocycles. The van der Waals surface area contributed by atoms with Crippen molar-refractivity contribution in [2.24, 2.45) is 7.05 Å². The second kappa shape index (κ2) is 8.85. The van der Waals surface area contributed by atoms with Crippen LogP contribution in [0.1, 0.15) is 29.8 Å². The third-order valence-corrected chi connectivity index (χ3v) is 6.24. The van der Waals surface area contributed by atoms with Gasteiger partial charge in [-0.3, -0.25) is 9.69 Å². The van der Waals surface area contributed by atoms with Gasteiger partial charge in [0.05, 0.1) is 6.54 Å². The number of hydrogen-bond acceptors (Lipinski definition) is 5. The van der Waals surface area contributed by atoms with Crippen molar-refractivity contribution >= 4 is 15.9 Å². The van der Waals surface area contributed by atoms with Gasteiger partial charge in [0.15, 0.2) is 5.03 Å². The molecule has 2 aromatic rings. The second-order valence-corrected chi connectivity index (χ2v) is 8.80. The van der Waals surface area contributed by atoms with Gasteiger partial charge in [0.2, 0.25) is 5.91 Å². The Labute approximate surface area is 166 Å². The summed E-state index contributed by atoms with van der Waals surface area (Å²) in [6.07, 6.45) is 3.88. The van der Waals surface area contributed by atoms with Crippen LogP contribution in [0.2, 0.25) is 0 Å². The zero-order valence-corrected chi connectivity index (χ0v) is 17.1. The van der Waals surface area contributed by atoms with Crippen molar-refractivity contribution in [3.8, 4) is 0 Å². The van der Waals surface area contributed by atoms with Gasteiger partial charge in [-0.05, 0) is 44.0 Å². The highest BCUT2D eigenvalue weighted by molar-refractivity contribution is 7.89. The summed E-state index contributed by atoms with van der Waals surface area (Å²) < 4.78 is 28.4. The molecule has 8 nitrogen and oxygen atoms in total. The van der Waals surface area contributed by atoms with Crippen molar-refractivity contribution in [2.75, 3.05) is 19.6 Å². The van der Waals surface area contributed by atoms with Crippen LogP contribution in [-0.2, 0) is 35.0 Å². The Morgan fingerprint density at radius 3 is 2.50 bits per heavy atom. The number of carbonyl (C=O) groups is 1. The second-order valence-electron chi connectivity index (χ2n) is 7.09. The van der Waals surface area contributed by atoms with Gasteiger partial charge in [-0.25, -0.2) is 18.1 Å². The maximum Gasteiger partial charge on any atom is 0.260 e. The number of carbonyl (C=O) groups excluding carboxylic acids is 1. The molecule has 152 valence electrons. The van der Waals surface area contributed by atoms with Crippen molar-refractivity contribution < 1.29 is 13.2 Å². The molecule has 0 atom stereocenters. The van der Waals surface area contributed by atoms with Crippen molar-refractivity contribution in [3.05, 3.63) is 47.4 Å². The number of aromatic nitrogens is 2. The Bertz CT molecular complexity index is 913. The van der Waals surface area contributed by atoms with E-state index in [1.165, 1.54) is 24.6 Å². The molecular formula is C19H27N5O3S. The van der Waals surface area contributed by atoms with Gasteiger partial charge in [-0.2, -0.15) is 0 Å². The summed E-state index contributed by atoms with van der Waals surface area (Å²) >= 11 is 0. The van der Waals surface area contributed by atoms with Crippen LogP contribution in [0.4, 0.5) is 0 Å². The number of likely N-dealkylation sites (tertiary alicyclic amines) is 1. The molecule has 0 aliphatic carbocycles. The minimum absolute atomic E-state index is 0.0868. The SMILES string of the molecule is Cc1nc(S(=O)(=O)NCC(=O)NCc2ccccc2CN2CCCC2)cn1C. The van der Waals surface area contributed by atoms with E-state index in [0.717, 1.165) is 25.2 Å². The van der Waals surface area contributed by atoms with Gasteiger partial charge >= 0.3 is 0 Å². The number of imidazole rings is 1. The molecule has 0 unspecified atom stereocenters. The lowest BCUT2D eigenvalue weighted by Crippen LogP contribution is -2.37. The predicted molar refractivity (Wildman–Crippen MR) is 106 cm³/mol. The summed E-state index contributed by atoms with van der Waals surface area (Å²) in [4.78, 5) is 18.5. The average Bonchev–Trinajstić information content (AvgIpc) is 3.30. The summed E-state index contributed by atoms with van der Waals surface area (Å²) in [6.45, 7) is 4.84. The van der Waals surface area contributed by atoms with E-state index in [4.69, 9.17) is 0 Å². The van der Waals surface area contributed by atoms with Gasteiger partial charge in [-0.15, -0.1) is 0 Å². The van der Waals surface area contributed by atoms with E-state index in [1.807, 2.05) is 18.2 Å². The van der Waals surface area contributed by atoms with E-state index in [1.54, 1.807) is 18.5 Å². The first-order valence-electron chi connectivity index (χ1n) is 9.40. The fourth-order valence-corrected chi connectivity index (χ4v) is 4.23. The highest BCUT2D eigenvalue weighted by atomic mass is 32.2. The summed E-state index contributed by atoms with van der Waals surface area (Å²) in [5.41, 5.74) is 2.24. The predicted octanol–water partition coefficient (Wildman–Crippen LogP) is 0.919. The quantitative estimate of drug-likeness (QED) is 0.681. The van der Waals surface area contributed by atoms with E-state index in [2.05, 4.69) is 26.0 Å². The van der Waals surface area contributed by atoms with Crippen LogP contribution in [0.15, 0.2) is 35.5 Å². The molecule has 1 aliphatic heterocycles. The van der Waals surface area contributed by atoms with Crippen molar-refractivity contribution in [1.29, 1.82) is 0 Å². The number of amides is 1. The smallest absolute Gasteiger partial charge is 0.260 e. The van der Waals surface area contributed by atoms with E-state index < -0.39 is 10.0 Å². The molecule has 1 aliphatic rings. The first-order chi connectivity index (χ1) is 13.3. The monoisotopic (exact) mass is 405 g/mol. The molecule has 28 heavy (non-hydrogen) atoms. The number of benzene rings is 1. The van der Waals surface area contributed by atoms with Crippen LogP contribution in [0.25, 0.3) is 0 Å². The van der Waals surface area contributed by atoms with Crippen molar-refractivity contribution in [3.63, 3.8) is 0 Å². The van der Waals surface area contributed by atoms with Gasteiger partial charge in [0.25, 0.3) is 10.0 Å². The molecule has 0 bridgehead atoms. The standard InChI is InChI=1S/C19H27N5O3S/c1-15-22-19(14-23(15)2)28(26,27)21-12-18(25)20-11-16-7-3-4-8-17(16)13-24-9-5-6-10-24/h3-4,7-8,14,21H,5-6,9-13H2,1-2H3,(H,20,25). The summed E-state index contributed by atoms with van der Waals surface area (Å²) in [5.74, 6) is 0.201. The molecule has 1 amide bonds. The molecule has 2 N–H and O–H groups in total. The number of nitrogens with one attached hydrogen (secondary N) is 2. The molecule has 0 saturated carbocycles. The lowest BCUT2D eigenvalue weighted by atomic mass is 10.1. The molecular weight excluding hydrogens is 378 g/mol. The summed E-state index contributed by atoms with van der Waals surface area (Å²) in [6, 6.07) is 8.01. The van der Waals surface area contributed by atoms with Crippen molar-refractivity contribution in [1.82, 2.24) is 24.5 Å². The highest BCUT2D eigenvalue weighted by Crippen LogP contribution is 2.16. The van der Waals surface area contributed by atoms with E-state index in [0.29, 0.717) is 12.4 Å². The molecule has 9 heteroatoms. The summed E-state index contributed by atoms with van der Waals surface area (Å²) in [7, 11) is -2.10. The number of sulfonamides is 1. The lowest BCUT2D eigenvalue weighted by Gasteiger charge is -2.17. The average molecular weight is 406 g/mol. The van der Waals surface area contributed by atoms with Gasteiger partial charge in [-0.1, -0.05) is 24.3 Å². The topological polar surface area (TPSA) is 96.3 Å². The fraction of sp³-hybridized carbons (Fsp3) is 0.474. The normalized spacial score (nSPS) is 15.1. The number of aryl methyl sites for hydroxylation is 2. The summed E-state index contributed by atoms with van der Waals surface area (Å²) in [5, 5.41) is 2.71. The van der Waals surface area contributed by atoms with Crippen LogP contribution < -0.4 is 10.0 Å². The maximum absolute atomic E-state index is 12.3. The Hall–Kier alpha value is -2.23. The molecule has 2 heterocycles. The van der Waals surface area contributed by atoms with E-state index in [-0.39, 0.29) is 17.5 Å². The molecule has 0 radical (unpaired) electrons. The van der Waals surface area contributed by atoms with Crippen LogP contribution in [0.5, 0.6) is 0 Å². The van der Waals surface area contributed by atoms with Crippen molar-refractivity contribution in [2.45, 2.75) is 37.9 Å². The molecule has 1 aromatic carbocycles. The maximum atomic E-state index is 12.3. The van der Waals surface area contributed by atoms with Crippen LogP contribution in [0.3, 0.4) is 0 Å². The van der Waals surface area contributed by atoms with Gasteiger partial charge in [0, 0.05) is 26.3 Å².